The summed E-state index contributed by atoms with van der Waals surface area (Å²) < 4.78 is 26.8. The molecule has 0 aliphatic rings. The van der Waals surface area contributed by atoms with Gasteiger partial charge in [-0.05, 0) is 36.2 Å². The van der Waals surface area contributed by atoms with Crippen molar-refractivity contribution in [2.24, 2.45) is 0 Å². The lowest BCUT2D eigenvalue weighted by molar-refractivity contribution is -0.255. The molecule has 0 amide bonds. The molecule has 0 aromatic heterocycles. The monoisotopic (exact) mass is 290 g/mol. The minimum Gasteiger partial charge on any atom is -0.545 e. The van der Waals surface area contributed by atoms with Gasteiger partial charge in [0.25, 0.3) is 10.0 Å². The zero-order valence-corrected chi connectivity index (χ0v) is 11.5. The zero-order valence-electron chi connectivity index (χ0n) is 10.7. The first-order valence-corrected chi connectivity index (χ1v) is 7.28. The van der Waals surface area contributed by atoms with Crippen LogP contribution in [0.2, 0.25) is 0 Å². The molecule has 1 N–H and O–H groups in total. The topological polar surface area (TPSA) is 86.3 Å². The summed E-state index contributed by atoms with van der Waals surface area (Å²) in [7, 11) is -3.74. The number of benzene rings is 2. The van der Waals surface area contributed by atoms with Crippen LogP contribution in [0.25, 0.3) is 0 Å². The quantitative estimate of drug-likeness (QED) is 0.915. The maximum Gasteiger partial charge on any atom is 0.261 e. The number of nitrogens with one attached hydrogen (secondary N) is 1. The molecule has 5 nitrogen and oxygen atoms in total. The lowest BCUT2D eigenvalue weighted by Gasteiger charge is -2.11. The number of sulfonamides is 1. The van der Waals surface area contributed by atoms with Crippen LogP contribution >= 0.6 is 0 Å². The van der Waals surface area contributed by atoms with Gasteiger partial charge < -0.3 is 9.90 Å². The maximum atomic E-state index is 12.2. The molecule has 20 heavy (non-hydrogen) atoms. The van der Waals surface area contributed by atoms with Crippen LogP contribution in [0.5, 0.6) is 0 Å². The summed E-state index contributed by atoms with van der Waals surface area (Å²) in [5, 5.41) is 10.6. The molecule has 0 saturated carbocycles. The van der Waals surface area contributed by atoms with E-state index in [4.69, 9.17) is 0 Å². The number of para-hydroxylation sites is 1. The van der Waals surface area contributed by atoms with Crippen molar-refractivity contribution in [1.29, 1.82) is 0 Å². The molecule has 0 aliphatic carbocycles. The van der Waals surface area contributed by atoms with Crippen molar-refractivity contribution in [3.05, 3.63) is 59.7 Å². The van der Waals surface area contributed by atoms with Gasteiger partial charge in [-0.15, -0.1) is 0 Å². The third kappa shape index (κ3) is 2.97. The van der Waals surface area contributed by atoms with Gasteiger partial charge in [0.15, 0.2) is 0 Å². The van der Waals surface area contributed by atoms with Crippen molar-refractivity contribution in [3.8, 4) is 0 Å². The summed E-state index contributed by atoms with van der Waals surface area (Å²) >= 11 is 0. The molecule has 0 radical (unpaired) electrons. The molecule has 0 saturated heterocycles. The van der Waals surface area contributed by atoms with Gasteiger partial charge in [-0.25, -0.2) is 8.42 Å². The van der Waals surface area contributed by atoms with Crippen LogP contribution < -0.4 is 9.83 Å². The minimum absolute atomic E-state index is 0.00856. The third-order valence-electron chi connectivity index (χ3n) is 2.79. The Kier molecular flexibility index (Phi) is 3.76. The second kappa shape index (κ2) is 5.34. The lowest BCUT2D eigenvalue weighted by atomic mass is 10.2. The Morgan fingerprint density at radius 3 is 2.20 bits per heavy atom. The Labute approximate surface area is 116 Å². The molecule has 0 aliphatic heterocycles. The number of hydrogen-bond acceptors (Lipinski definition) is 4. The number of carbonyl (C=O) groups is 1. The lowest BCUT2D eigenvalue weighted by Crippen LogP contribution is -2.22. The average Bonchev–Trinajstić information content (AvgIpc) is 2.41. The largest absolute Gasteiger partial charge is 0.545 e. The Morgan fingerprint density at radius 1 is 1.05 bits per heavy atom. The molecule has 2 aromatic carbocycles. The van der Waals surface area contributed by atoms with E-state index in [1.54, 1.807) is 25.1 Å². The molecule has 0 spiro atoms. The van der Waals surface area contributed by atoms with Crippen molar-refractivity contribution in [2.45, 2.75) is 11.8 Å². The van der Waals surface area contributed by atoms with Crippen LogP contribution in [-0.2, 0) is 10.0 Å². The molecule has 0 heterocycles. The maximum absolute atomic E-state index is 12.2. The highest BCUT2D eigenvalue weighted by atomic mass is 32.2. The highest BCUT2D eigenvalue weighted by Crippen LogP contribution is 2.19. The van der Waals surface area contributed by atoms with E-state index in [0.29, 0.717) is 5.69 Å². The fourth-order valence-corrected chi connectivity index (χ4v) is 2.79. The van der Waals surface area contributed by atoms with E-state index in [-0.39, 0.29) is 10.5 Å². The number of anilines is 1. The van der Waals surface area contributed by atoms with Gasteiger partial charge in [0.2, 0.25) is 0 Å². The van der Waals surface area contributed by atoms with E-state index in [9.17, 15) is 18.3 Å². The number of aryl methyl sites for hydroxylation is 1. The number of hydrogen-bond donors (Lipinski definition) is 1. The summed E-state index contributed by atoms with van der Waals surface area (Å²) in [6, 6.07) is 11.8. The molecule has 0 fully saturated rings. The van der Waals surface area contributed by atoms with Crippen molar-refractivity contribution in [1.82, 2.24) is 0 Å². The average molecular weight is 290 g/mol. The third-order valence-corrected chi connectivity index (χ3v) is 4.17. The van der Waals surface area contributed by atoms with E-state index in [1.165, 1.54) is 24.3 Å². The minimum atomic E-state index is -3.74. The van der Waals surface area contributed by atoms with Gasteiger partial charge in [0.1, 0.15) is 0 Å². The van der Waals surface area contributed by atoms with Gasteiger partial charge in [-0.3, -0.25) is 4.72 Å². The van der Waals surface area contributed by atoms with Gasteiger partial charge in [0.05, 0.1) is 16.6 Å². The highest BCUT2D eigenvalue weighted by molar-refractivity contribution is 7.92. The second-order valence-electron chi connectivity index (χ2n) is 4.23. The van der Waals surface area contributed by atoms with Crippen molar-refractivity contribution in [2.75, 3.05) is 4.72 Å². The number of rotatable bonds is 4. The van der Waals surface area contributed by atoms with Gasteiger partial charge >= 0.3 is 0 Å². The summed E-state index contributed by atoms with van der Waals surface area (Å²) in [5.41, 5.74) is 1.21. The second-order valence-corrected chi connectivity index (χ2v) is 5.91. The Balaban J connectivity index is 2.31. The molecular weight excluding hydrogens is 278 g/mol. The van der Waals surface area contributed by atoms with Crippen LogP contribution in [0.1, 0.15) is 15.9 Å². The molecule has 2 aromatic rings. The standard InChI is InChI=1S/C14H13NO4S/c1-10-4-2-3-5-13(10)15-20(18,19)12-8-6-11(7-9-12)14(16)17/h2-9,15H,1H3,(H,16,17)/p-1. The number of carbonyl (C=O) groups excluding carboxylic acids is 1. The van der Waals surface area contributed by atoms with E-state index in [1.807, 2.05) is 6.07 Å². The van der Waals surface area contributed by atoms with Crippen LogP contribution in [-0.4, -0.2) is 14.4 Å². The zero-order chi connectivity index (χ0) is 14.8. The van der Waals surface area contributed by atoms with Crippen LogP contribution in [0.4, 0.5) is 5.69 Å². The molecule has 0 atom stereocenters. The summed E-state index contributed by atoms with van der Waals surface area (Å²) in [4.78, 5) is 10.6. The van der Waals surface area contributed by atoms with Crippen molar-refractivity contribution in [3.63, 3.8) is 0 Å². The van der Waals surface area contributed by atoms with Crippen LogP contribution in [0.15, 0.2) is 53.4 Å². The molecule has 0 bridgehead atoms. The van der Waals surface area contributed by atoms with E-state index in [0.717, 1.165) is 5.56 Å². The number of aromatic carboxylic acids is 1. The van der Waals surface area contributed by atoms with Crippen LogP contribution in [0, 0.1) is 6.92 Å². The van der Waals surface area contributed by atoms with E-state index in [2.05, 4.69) is 4.72 Å². The molecule has 6 heteroatoms. The van der Waals surface area contributed by atoms with Crippen molar-refractivity contribution >= 4 is 21.7 Å². The number of carboxylic acids is 1. The normalized spacial score (nSPS) is 11.1. The predicted octanol–water partition coefficient (Wildman–Crippen LogP) is 1.16. The Hall–Kier alpha value is -2.34. The van der Waals surface area contributed by atoms with E-state index >= 15 is 0 Å². The first-order chi connectivity index (χ1) is 9.40. The van der Waals surface area contributed by atoms with Crippen LogP contribution in [0.3, 0.4) is 0 Å². The first-order valence-electron chi connectivity index (χ1n) is 5.80. The SMILES string of the molecule is Cc1ccccc1NS(=O)(=O)c1ccc(C(=O)[O-])cc1. The molecule has 0 unspecified atom stereocenters. The molecule has 2 rings (SSSR count). The summed E-state index contributed by atoms with van der Waals surface area (Å²) in [6.45, 7) is 1.79. The smallest absolute Gasteiger partial charge is 0.261 e. The fraction of sp³-hybridized carbons (Fsp3) is 0.0714. The number of carboxylic acid groups (broad SMARTS) is 1. The summed E-state index contributed by atoms with van der Waals surface area (Å²) in [6.07, 6.45) is 0. The predicted molar refractivity (Wildman–Crippen MR) is 72.8 cm³/mol. The van der Waals surface area contributed by atoms with Gasteiger partial charge in [0, 0.05) is 0 Å². The van der Waals surface area contributed by atoms with Gasteiger partial charge in [-0.2, -0.15) is 0 Å². The van der Waals surface area contributed by atoms with E-state index < -0.39 is 16.0 Å². The Morgan fingerprint density at radius 2 is 1.65 bits per heavy atom. The Bertz CT molecular complexity index is 736. The summed E-state index contributed by atoms with van der Waals surface area (Å²) in [5.74, 6) is -1.35. The highest BCUT2D eigenvalue weighted by Gasteiger charge is 2.14. The molecular formula is C14H12NO4S-. The van der Waals surface area contributed by atoms with Gasteiger partial charge in [-0.1, -0.05) is 30.3 Å². The fourth-order valence-electron chi connectivity index (χ4n) is 1.66. The van der Waals surface area contributed by atoms with Crippen molar-refractivity contribution < 1.29 is 18.3 Å². The molecule has 104 valence electrons. The first kappa shape index (κ1) is 14.1.